The van der Waals surface area contributed by atoms with Crippen molar-refractivity contribution in [3.63, 3.8) is 0 Å². The van der Waals surface area contributed by atoms with Gasteiger partial charge in [0.25, 0.3) is 0 Å². The molecule has 1 heterocycles. The third kappa shape index (κ3) is 5.53. The number of hydrogen-bond donors (Lipinski definition) is 1. The third-order valence-electron chi connectivity index (χ3n) is 3.59. The van der Waals surface area contributed by atoms with Gasteiger partial charge in [-0.15, -0.1) is 0 Å². The van der Waals surface area contributed by atoms with Crippen LogP contribution < -0.4 is 5.32 Å². The highest BCUT2D eigenvalue weighted by atomic mass is 16.5. The van der Waals surface area contributed by atoms with E-state index in [9.17, 15) is 0 Å². The normalized spacial score (nSPS) is 24.4. The van der Waals surface area contributed by atoms with Gasteiger partial charge in [0.15, 0.2) is 0 Å². The van der Waals surface area contributed by atoms with Gasteiger partial charge in [0, 0.05) is 13.2 Å². The zero-order chi connectivity index (χ0) is 11.1. The predicted octanol–water partition coefficient (Wildman–Crippen LogP) is 2.68. The average molecular weight is 213 g/mol. The van der Waals surface area contributed by atoms with Crippen LogP contribution in [-0.4, -0.2) is 26.3 Å². The number of nitrogens with one attached hydrogen (secondary N) is 1. The molecule has 1 rings (SSSR count). The molecule has 0 aliphatic carbocycles. The van der Waals surface area contributed by atoms with Crippen molar-refractivity contribution in [2.24, 2.45) is 17.8 Å². The van der Waals surface area contributed by atoms with E-state index in [1.54, 1.807) is 0 Å². The molecule has 2 unspecified atom stereocenters. The first-order valence-electron chi connectivity index (χ1n) is 6.48. The summed E-state index contributed by atoms with van der Waals surface area (Å²) in [5.74, 6) is 2.28. The summed E-state index contributed by atoms with van der Waals surface area (Å²) in [6.45, 7) is 11.1. The molecule has 0 saturated carbocycles. The smallest absolute Gasteiger partial charge is 0.0494 e. The number of piperidine rings is 1. The van der Waals surface area contributed by atoms with Crippen LogP contribution in [0.3, 0.4) is 0 Å². The van der Waals surface area contributed by atoms with E-state index in [1.807, 2.05) is 0 Å². The molecule has 1 aliphatic heterocycles. The summed E-state index contributed by atoms with van der Waals surface area (Å²) >= 11 is 0. The molecule has 1 aliphatic rings. The summed E-state index contributed by atoms with van der Waals surface area (Å²) in [6, 6.07) is 0. The summed E-state index contributed by atoms with van der Waals surface area (Å²) in [5.41, 5.74) is 0. The van der Waals surface area contributed by atoms with Crippen molar-refractivity contribution in [1.29, 1.82) is 0 Å². The molecule has 0 spiro atoms. The Morgan fingerprint density at radius 2 is 2.13 bits per heavy atom. The van der Waals surface area contributed by atoms with Crippen LogP contribution in [0.25, 0.3) is 0 Å². The SMILES string of the molecule is CC(C)C(C)COCCC1CCCNC1. The second-order valence-electron chi connectivity index (χ2n) is 5.30. The van der Waals surface area contributed by atoms with E-state index in [-0.39, 0.29) is 0 Å². The van der Waals surface area contributed by atoms with Gasteiger partial charge in [-0.1, -0.05) is 20.8 Å². The van der Waals surface area contributed by atoms with Gasteiger partial charge in [-0.25, -0.2) is 0 Å². The fraction of sp³-hybridized carbons (Fsp3) is 1.00. The van der Waals surface area contributed by atoms with Crippen LogP contribution in [0.2, 0.25) is 0 Å². The van der Waals surface area contributed by atoms with Crippen molar-refractivity contribution in [3.05, 3.63) is 0 Å². The van der Waals surface area contributed by atoms with Crippen molar-refractivity contribution >= 4 is 0 Å². The van der Waals surface area contributed by atoms with Gasteiger partial charge in [-0.3, -0.25) is 0 Å². The Labute approximate surface area is 94.8 Å². The van der Waals surface area contributed by atoms with Crippen LogP contribution in [0.4, 0.5) is 0 Å². The first-order valence-corrected chi connectivity index (χ1v) is 6.48. The second kappa shape index (κ2) is 7.24. The maximum Gasteiger partial charge on any atom is 0.0494 e. The lowest BCUT2D eigenvalue weighted by molar-refractivity contribution is 0.0774. The molecule has 1 saturated heterocycles. The van der Waals surface area contributed by atoms with E-state index in [4.69, 9.17) is 4.74 Å². The molecular weight excluding hydrogens is 186 g/mol. The van der Waals surface area contributed by atoms with Gasteiger partial charge >= 0.3 is 0 Å². The zero-order valence-corrected chi connectivity index (χ0v) is 10.6. The van der Waals surface area contributed by atoms with Crippen molar-refractivity contribution in [3.8, 4) is 0 Å². The number of hydrogen-bond acceptors (Lipinski definition) is 2. The van der Waals surface area contributed by atoms with Crippen LogP contribution in [-0.2, 0) is 4.74 Å². The first-order chi connectivity index (χ1) is 7.20. The van der Waals surface area contributed by atoms with Crippen molar-refractivity contribution in [2.45, 2.75) is 40.0 Å². The molecule has 1 fully saturated rings. The highest BCUT2D eigenvalue weighted by Gasteiger charge is 2.13. The average Bonchev–Trinajstić information content (AvgIpc) is 2.25. The Hall–Kier alpha value is -0.0800. The molecule has 0 aromatic heterocycles. The monoisotopic (exact) mass is 213 g/mol. The van der Waals surface area contributed by atoms with Gasteiger partial charge in [0.05, 0.1) is 0 Å². The zero-order valence-electron chi connectivity index (χ0n) is 10.6. The summed E-state index contributed by atoms with van der Waals surface area (Å²) < 4.78 is 5.73. The highest BCUT2D eigenvalue weighted by molar-refractivity contribution is 4.68. The molecule has 2 heteroatoms. The lowest BCUT2D eigenvalue weighted by Crippen LogP contribution is -2.30. The second-order valence-corrected chi connectivity index (χ2v) is 5.30. The maximum absolute atomic E-state index is 5.73. The quantitative estimate of drug-likeness (QED) is 0.685. The standard InChI is InChI=1S/C13H27NO/c1-11(2)12(3)10-15-8-6-13-5-4-7-14-9-13/h11-14H,4-10H2,1-3H3. The van der Waals surface area contributed by atoms with Crippen molar-refractivity contribution in [1.82, 2.24) is 5.32 Å². The van der Waals surface area contributed by atoms with E-state index in [2.05, 4.69) is 26.1 Å². The third-order valence-corrected chi connectivity index (χ3v) is 3.59. The van der Waals surface area contributed by atoms with Crippen molar-refractivity contribution in [2.75, 3.05) is 26.3 Å². The van der Waals surface area contributed by atoms with Gasteiger partial charge in [-0.2, -0.15) is 0 Å². The van der Waals surface area contributed by atoms with E-state index >= 15 is 0 Å². The molecule has 0 radical (unpaired) electrons. The van der Waals surface area contributed by atoms with Crippen LogP contribution in [0.15, 0.2) is 0 Å². The Balaban J connectivity index is 1.96. The van der Waals surface area contributed by atoms with E-state index in [0.717, 1.165) is 25.0 Å². The molecule has 1 N–H and O–H groups in total. The fourth-order valence-corrected chi connectivity index (χ4v) is 1.88. The number of rotatable bonds is 6. The molecule has 0 aromatic rings. The van der Waals surface area contributed by atoms with Gasteiger partial charge < -0.3 is 10.1 Å². The predicted molar refractivity (Wildman–Crippen MR) is 65.0 cm³/mol. The minimum Gasteiger partial charge on any atom is -0.381 e. The van der Waals surface area contributed by atoms with E-state index in [1.165, 1.54) is 32.4 Å². The Kier molecular flexibility index (Phi) is 6.26. The summed E-state index contributed by atoms with van der Waals surface area (Å²) in [7, 11) is 0. The minimum absolute atomic E-state index is 0.689. The van der Waals surface area contributed by atoms with E-state index < -0.39 is 0 Å². The molecule has 0 bridgehead atoms. The summed E-state index contributed by atoms with van der Waals surface area (Å²) in [5, 5.41) is 3.45. The van der Waals surface area contributed by atoms with Crippen LogP contribution >= 0.6 is 0 Å². The lowest BCUT2D eigenvalue weighted by atomic mass is 9.96. The topological polar surface area (TPSA) is 21.3 Å². The Bertz CT molecular complexity index is 153. The van der Waals surface area contributed by atoms with Gasteiger partial charge in [0.2, 0.25) is 0 Å². The molecular formula is C13H27NO. The van der Waals surface area contributed by atoms with Crippen LogP contribution in [0.1, 0.15) is 40.0 Å². The molecule has 2 atom stereocenters. The molecule has 15 heavy (non-hydrogen) atoms. The molecule has 0 aromatic carbocycles. The fourth-order valence-electron chi connectivity index (χ4n) is 1.88. The Morgan fingerprint density at radius 1 is 1.33 bits per heavy atom. The van der Waals surface area contributed by atoms with E-state index in [0.29, 0.717) is 5.92 Å². The molecule has 90 valence electrons. The van der Waals surface area contributed by atoms with Gasteiger partial charge in [0.1, 0.15) is 0 Å². The van der Waals surface area contributed by atoms with Crippen LogP contribution in [0, 0.1) is 17.8 Å². The summed E-state index contributed by atoms with van der Waals surface area (Å²) in [6.07, 6.45) is 3.96. The summed E-state index contributed by atoms with van der Waals surface area (Å²) in [4.78, 5) is 0. The molecule has 0 amide bonds. The van der Waals surface area contributed by atoms with Gasteiger partial charge in [-0.05, 0) is 50.1 Å². The number of ether oxygens (including phenoxy) is 1. The first kappa shape index (κ1) is 13.0. The largest absolute Gasteiger partial charge is 0.381 e. The minimum atomic E-state index is 0.689. The van der Waals surface area contributed by atoms with Crippen LogP contribution in [0.5, 0.6) is 0 Å². The Morgan fingerprint density at radius 3 is 2.73 bits per heavy atom. The maximum atomic E-state index is 5.73. The highest BCUT2D eigenvalue weighted by Crippen LogP contribution is 2.15. The van der Waals surface area contributed by atoms with Crippen molar-refractivity contribution < 1.29 is 4.74 Å². The molecule has 2 nitrogen and oxygen atoms in total. The lowest BCUT2D eigenvalue weighted by Gasteiger charge is -2.23.